The van der Waals surface area contributed by atoms with Crippen LogP contribution >= 0.6 is 11.6 Å². The first-order valence-electron chi connectivity index (χ1n) is 6.46. The van der Waals surface area contributed by atoms with E-state index in [9.17, 15) is 4.79 Å². The first-order valence-corrected chi connectivity index (χ1v) is 6.84. The van der Waals surface area contributed by atoms with E-state index in [0.29, 0.717) is 22.2 Å². The Morgan fingerprint density at radius 3 is 2.67 bits per heavy atom. The fraction of sp³-hybridized carbons (Fsp3) is 0.188. The van der Waals surface area contributed by atoms with Crippen molar-refractivity contribution in [3.8, 4) is 11.5 Å². The minimum atomic E-state index is -0.670. The third-order valence-corrected chi connectivity index (χ3v) is 3.16. The zero-order valence-electron chi connectivity index (χ0n) is 11.8. The molecule has 4 nitrogen and oxygen atoms in total. The molecule has 0 aliphatic heterocycles. The number of halogens is 1. The van der Waals surface area contributed by atoms with E-state index in [1.54, 1.807) is 62.6 Å². The van der Waals surface area contributed by atoms with Gasteiger partial charge in [-0.2, -0.15) is 0 Å². The van der Waals surface area contributed by atoms with Gasteiger partial charge in [-0.25, -0.2) is 0 Å². The van der Waals surface area contributed by atoms with Crippen LogP contribution in [-0.4, -0.2) is 19.1 Å². The van der Waals surface area contributed by atoms with Crippen molar-refractivity contribution in [1.82, 2.24) is 0 Å². The van der Waals surface area contributed by atoms with Gasteiger partial charge < -0.3 is 14.8 Å². The van der Waals surface area contributed by atoms with Gasteiger partial charge in [0.05, 0.1) is 12.1 Å². The van der Waals surface area contributed by atoms with Crippen molar-refractivity contribution in [1.29, 1.82) is 0 Å². The van der Waals surface area contributed by atoms with Crippen LogP contribution in [-0.2, 0) is 4.79 Å². The standard InChI is InChI=1S/C16H16ClNO3/c1-11(21-15-9-4-3-8-14(15)17)16(19)18-12-6-5-7-13(10-12)20-2/h3-11H,1-2H3,(H,18,19)/t11-/m1/s1. The first-order chi connectivity index (χ1) is 10.1. The van der Waals surface area contributed by atoms with Gasteiger partial charge in [-0.3, -0.25) is 4.79 Å². The van der Waals surface area contributed by atoms with E-state index in [-0.39, 0.29) is 5.91 Å². The minimum absolute atomic E-state index is 0.261. The van der Waals surface area contributed by atoms with E-state index >= 15 is 0 Å². The Labute approximate surface area is 128 Å². The number of anilines is 1. The molecule has 0 spiro atoms. The molecule has 0 saturated carbocycles. The van der Waals surface area contributed by atoms with Gasteiger partial charge in [0, 0.05) is 11.8 Å². The normalized spacial score (nSPS) is 11.6. The van der Waals surface area contributed by atoms with Crippen molar-refractivity contribution in [2.45, 2.75) is 13.0 Å². The van der Waals surface area contributed by atoms with Crippen LogP contribution in [0.25, 0.3) is 0 Å². The Morgan fingerprint density at radius 2 is 1.95 bits per heavy atom. The van der Waals surface area contributed by atoms with Crippen LogP contribution < -0.4 is 14.8 Å². The lowest BCUT2D eigenvalue weighted by Gasteiger charge is -2.15. The lowest BCUT2D eigenvalue weighted by molar-refractivity contribution is -0.122. The SMILES string of the molecule is COc1cccc(NC(=O)[C@@H](C)Oc2ccccc2Cl)c1. The number of para-hydroxylation sites is 1. The highest BCUT2D eigenvalue weighted by molar-refractivity contribution is 6.32. The van der Waals surface area contributed by atoms with Crippen LogP contribution in [0.15, 0.2) is 48.5 Å². The summed E-state index contributed by atoms with van der Waals surface area (Å²) in [6, 6.07) is 14.2. The maximum Gasteiger partial charge on any atom is 0.265 e. The molecule has 0 aliphatic rings. The number of carbonyl (C=O) groups excluding carboxylic acids is 1. The lowest BCUT2D eigenvalue weighted by Crippen LogP contribution is -2.30. The molecular weight excluding hydrogens is 290 g/mol. The maximum atomic E-state index is 12.1. The molecule has 1 N–H and O–H groups in total. The molecule has 0 bridgehead atoms. The number of benzene rings is 2. The van der Waals surface area contributed by atoms with E-state index in [0.717, 1.165) is 0 Å². The van der Waals surface area contributed by atoms with Gasteiger partial charge in [0.15, 0.2) is 6.10 Å². The molecule has 0 fully saturated rings. The van der Waals surface area contributed by atoms with Gasteiger partial charge in [0.25, 0.3) is 5.91 Å². The monoisotopic (exact) mass is 305 g/mol. The number of amides is 1. The second-order valence-corrected chi connectivity index (χ2v) is 4.82. The fourth-order valence-electron chi connectivity index (χ4n) is 1.73. The predicted molar refractivity (Wildman–Crippen MR) is 83.2 cm³/mol. The summed E-state index contributed by atoms with van der Waals surface area (Å²) >= 11 is 6.00. The third-order valence-electron chi connectivity index (χ3n) is 2.85. The summed E-state index contributed by atoms with van der Waals surface area (Å²) in [6.07, 6.45) is -0.670. The highest BCUT2D eigenvalue weighted by atomic mass is 35.5. The van der Waals surface area contributed by atoms with Crippen LogP contribution in [0.3, 0.4) is 0 Å². The van der Waals surface area contributed by atoms with Crippen molar-refractivity contribution in [2.75, 3.05) is 12.4 Å². The van der Waals surface area contributed by atoms with Crippen molar-refractivity contribution in [3.63, 3.8) is 0 Å². The summed E-state index contributed by atoms with van der Waals surface area (Å²) in [5, 5.41) is 3.24. The topological polar surface area (TPSA) is 47.6 Å². The summed E-state index contributed by atoms with van der Waals surface area (Å²) in [5.41, 5.74) is 0.647. The number of carbonyl (C=O) groups is 1. The quantitative estimate of drug-likeness (QED) is 0.915. The molecule has 0 heterocycles. The number of ether oxygens (including phenoxy) is 2. The fourth-order valence-corrected chi connectivity index (χ4v) is 1.91. The van der Waals surface area contributed by atoms with Crippen molar-refractivity contribution in [2.24, 2.45) is 0 Å². The summed E-state index contributed by atoms with van der Waals surface area (Å²) < 4.78 is 10.7. The third kappa shape index (κ3) is 4.13. The Bertz CT molecular complexity index is 630. The van der Waals surface area contributed by atoms with E-state index in [1.807, 2.05) is 0 Å². The van der Waals surface area contributed by atoms with E-state index in [2.05, 4.69) is 5.32 Å². The number of hydrogen-bond donors (Lipinski definition) is 1. The Kier molecular flexibility index (Phi) is 5.06. The second kappa shape index (κ2) is 6.99. The molecule has 0 unspecified atom stereocenters. The summed E-state index contributed by atoms with van der Waals surface area (Å²) in [5.74, 6) is 0.892. The highest BCUT2D eigenvalue weighted by Crippen LogP contribution is 2.24. The molecule has 0 aliphatic carbocycles. The lowest BCUT2D eigenvalue weighted by atomic mass is 10.2. The summed E-state index contributed by atoms with van der Waals surface area (Å²) in [6.45, 7) is 1.67. The van der Waals surface area contributed by atoms with Crippen molar-refractivity contribution < 1.29 is 14.3 Å². The average Bonchev–Trinajstić information content (AvgIpc) is 2.49. The van der Waals surface area contributed by atoms with Crippen LogP contribution in [0.1, 0.15) is 6.92 Å². The minimum Gasteiger partial charge on any atom is -0.497 e. The van der Waals surface area contributed by atoms with Crippen molar-refractivity contribution >= 4 is 23.2 Å². The zero-order chi connectivity index (χ0) is 15.2. The number of methoxy groups -OCH3 is 1. The molecule has 2 rings (SSSR count). The van der Waals surface area contributed by atoms with E-state index in [4.69, 9.17) is 21.1 Å². The van der Waals surface area contributed by atoms with Gasteiger partial charge >= 0.3 is 0 Å². The second-order valence-electron chi connectivity index (χ2n) is 4.41. The number of hydrogen-bond acceptors (Lipinski definition) is 3. The molecule has 2 aromatic carbocycles. The average molecular weight is 306 g/mol. The van der Waals surface area contributed by atoms with E-state index in [1.165, 1.54) is 0 Å². The Balaban J connectivity index is 2.01. The smallest absolute Gasteiger partial charge is 0.265 e. The molecule has 1 atom stereocenters. The molecule has 0 saturated heterocycles. The van der Waals surface area contributed by atoms with E-state index < -0.39 is 6.10 Å². The molecule has 0 radical (unpaired) electrons. The Hall–Kier alpha value is -2.20. The largest absolute Gasteiger partial charge is 0.497 e. The van der Waals surface area contributed by atoms with Crippen LogP contribution in [0.4, 0.5) is 5.69 Å². The van der Waals surface area contributed by atoms with Gasteiger partial charge in [-0.05, 0) is 31.2 Å². The first kappa shape index (κ1) is 15.2. The molecule has 21 heavy (non-hydrogen) atoms. The highest BCUT2D eigenvalue weighted by Gasteiger charge is 2.16. The molecule has 110 valence electrons. The molecular formula is C16H16ClNO3. The number of nitrogens with one attached hydrogen (secondary N) is 1. The van der Waals surface area contributed by atoms with Crippen LogP contribution in [0, 0.1) is 0 Å². The van der Waals surface area contributed by atoms with Crippen LogP contribution in [0.5, 0.6) is 11.5 Å². The number of rotatable bonds is 5. The summed E-state index contributed by atoms with van der Waals surface area (Å²) in [4.78, 5) is 12.1. The predicted octanol–water partition coefficient (Wildman–Crippen LogP) is 3.75. The zero-order valence-corrected chi connectivity index (χ0v) is 12.6. The maximum absolute atomic E-state index is 12.1. The molecule has 5 heteroatoms. The summed E-state index contributed by atoms with van der Waals surface area (Å²) in [7, 11) is 1.57. The molecule has 0 aromatic heterocycles. The molecule has 1 amide bonds. The van der Waals surface area contributed by atoms with Gasteiger partial charge in [0.1, 0.15) is 11.5 Å². The van der Waals surface area contributed by atoms with Crippen LogP contribution in [0.2, 0.25) is 5.02 Å². The van der Waals surface area contributed by atoms with Crippen molar-refractivity contribution in [3.05, 3.63) is 53.6 Å². The Morgan fingerprint density at radius 1 is 1.19 bits per heavy atom. The van der Waals surface area contributed by atoms with Gasteiger partial charge in [0.2, 0.25) is 0 Å². The molecule has 2 aromatic rings. The van der Waals surface area contributed by atoms with Gasteiger partial charge in [-0.15, -0.1) is 0 Å². The van der Waals surface area contributed by atoms with Gasteiger partial charge in [-0.1, -0.05) is 29.8 Å².